The van der Waals surface area contributed by atoms with Crippen molar-refractivity contribution in [1.29, 1.82) is 0 Å². The topological polar surface area (TPSA) is 24.9 Å². The van der Waals surface area contributed by atoms with Gasteiger partial charge in [-0.25, -0.2) is 9.37 Å². The minimum Gasteiger partial charge on any atom is -0.317 e. The van der Waals surface area contributed by atoms with E-state index < -0.39 is 0 Å². The first-order valence-electron chi connectivity index (χ1n) is 6.25. The fourth-order valence-corrected chi connectivity index (χ4v) is 3.33. The highest BCUT2D eigenvalue weighted by Gasteiger charge is 2.19. The monoisotopic (exact) mass is 262 g/mol. The van der Waals surface area contributed by atoms with Gasteiger partial charge in [0.15, 0.2) is 0 Å². The van der Waals surface area contributed by atoms with E-state index in [9.17, 15) is 4.39 Å². The zero-order chi connectivity index (χ0) is 12.4. The molecule has 2 nitrogen and oxygen atoms in total. The van der Waals surface area contributed by atoms with E-state index in [2.05, 4.69) is 10.3 Å². The molecule has 1 saturated heterocycles. The molecule has 1 aliphatic rings. The maximum Gasteiger partial charge on any atom is 0.132 e. The lowest BCUT2D eigenvalue weighted by atomic mass is 9.99. The molecule has 0 bridgehead atoms. The normalized spacial score (nSPS) is 16.9. The van der Waals surface area contributed by atoms with Gasteiger partial charge >= 0.3 is 0 Å². The Balaban J connectivity index is 1.87. The molecule has 0 spiro atoms. The largest absolute Gasteiger partial charge is 0.317 e. The van der Waals surface area contributed by atoms with Crippen LogP contribution in [0.1, 0.15) is 23.8 Å². The van der Waals surface area contributed by atoms with Crippen molar-refractivity contribution in [2.75, 3.05) is 13.1 Å². The van der Waals surface area contributed by atoms with Crippen molar-refractivity contribution in [3.05, 3.63) is 40.5 Å². The fraction of sp³-hybridized carbons (Fsp3) is 0.357. The number of hydrogen-bond acceptors (Lipinski definition) is 3. The number of thiazole rings is 1. The number of rotatable bonds is 2. The highest BCUT2D eigenvalue weighted by Crippen LogP contribution is 2.31. The van der Waals surface area contributed by atoms with Crippen molar-refractivity contribution in [2.24, 2.45) is 0 Å². The van der Waals surface area contributed by atoms with Crippen molar-refractivity contribution in [1.82, 2.24) is 10.3 Å². The summed E-state index contributed by atoms with van der Waals surface area (Å²) >= 11 is 1.65. The van der Waals surface area contributed by atoms with Crippen molar-refractivity contribution < 1.29 is 4.39 Å². The average molecular weight is 262 g/mol. The Morgan fingerprint density at radius 1 is 1.22 bits per heavy atom. The second kappa shape index (κ2) is 5.16. The van der Waals surface area contributed by atoms with E-state index in [0.717, 1.165) is 36.6 Å². The predicted molar refractivity (Wildman–Crippen MR) is 72.4 cm³/mol. The van der Waals surface area contributed by atoms with Gasteiger partial charge in [-0.2, -0.15) is 0 Å². The van der Waals surface area contributed by atoms with Crippen molar-refractivity contribution in [3.63, 3.8) is 0 Å². The van der Waals surface area contributed by atoms with Gasteiger partial charge in [0.05, 0.1) is 10.7 Å². The molecule has 1 aromatic heterocycles. The summed E-state index contributed by atoms with van der Waals surface area (Å²) in [5, 5.41) is 6.46. The van der Waals surface area contributed by atoms with Crippen LogP contribution in [0.5, 0.6) is 0 Å². The third-order valence-corrected chi connectivity index (χ3v) is 4.37. The molecule has 1 fully saturated rings. The lowest BCUT2D eigenvalue weighted by molar-refractivity contribution is 0.459. The average Bonchev–Trinajstić information content (AvgIpc) is 2.90. The molecule has 2 aromatic rings. The third kappa shape index (κ3) is 2.31. The molecule has 4 heteroatoms. The van der Waals surface area contributed by atoms with Crippen LogP contribution < -0.4 is 5.32 Å². The first-order chi connectivity index (χ1) is 8.84. The van der Waals surface area contributed by atoms with Gasteiger partial charge in [0.25, 0.3) is 0 Å². The van der Waals surface area contributed by atoms with E-state index in [0.29, 0.717) is 11.5 Å². The molecule has 1 aromatic carbocycles. The van der Waals surface area contributed by atoms with E-state index in [1.54, 1.807) is 23.5 Å². The molecule has 0 aliphatic carbocycles. The number of aromatic nitrogens is 1. The molecule has 0 atom stereocenters. The van der Waals surface area contributed by atoms with Crippen LogP contribution in [-0.4, -0.2) is 18.1 Å². The van der Waals surface area contributed by atoms with E-state index in [4.69, 9.17) is 0 Å². The SMILES string of the molecule is Fc1ccccc1-c1csc(C2CCNCC2)n1. The van der Waals surface area contributed by atoms with Gasteiger partial charge in [0.1, 0.15) is 5.82 Å². The zero-order valence-corrected chi connectivity index (χ0v) is 10.8. The van der Waals surface area contributed by atoms with Crippen LogP contribution in [0.15, 0.2) is 29.6 Å². The molecule has 2 heterocycles. The molecule has 18 heavy (non-hydrogen) atoms. The minimum atomic E-state index is -0.195. The Morgan fingerprint density at radius 3 is 2.78 bits per heavy atom. The smallest absolute Gasteiger partial charge is 0.132 e. The molecule has 0 radical (unpaired) electrons. The van der Waals surface area contributed by atoms with Crippen LogP contribution in [0.25, 0.3) is 11.3 Å². The maximum atomic E-state index is 13.7. The van der Waals surface area contributed by atoms with Crippen LogP contribution in [0.2, 0.25) is 0 Å². The summed E-state index contributed by atoms with van der Waals surface area (Å²) in [6.07, 6.45) is 2.26. The lowest BCUT2D eigenvalue weighted by Crippen LogP contribution is -2.26. The lowest BCUT2D eigenvalue weighted by Gasteiger charge is -2.20. The van der Waals surface area contributed by atoms with Crippen LogP contribution in [0.3, 0.4) is 0 Å². The number of halogens is 1. The molecule has 94 valence electrons. The highest BCUT2D eigenvalue weighted by atomic mass is 32.1. The van der Waals surface area contributed by atoms with Crippen molar-refractivity contribution in [2.45, 2.75) is 18.8 Å². The highest BCUT2D eigenvalue weighted by molar-refractivity contribution is 7.10. The van der Waals surface area contributed by atoms with E-state index in [-0.39, 0.29) is 5.82 Å². The summed E-state index contributed by atoms with van der Waals surface area (Å²) < 4.78 is 13.7. The van der Waals surface area contributed by atoms with E-state index in [1.807, 2.05) is 11.4 Å². The van der Waals surface area contributed by atoms with Gasteiger partial charge in [0, 0.05) is 16.9 Å². The fourth-order valence-electron chi connectivity index (χ4n) is 2.34. The molecule has 0 saturated carbocycles. The van der Waals surface area contributed by atoms with Gasteiger partial charge in [-0.3, -0.25) is 0 Å². The number of nitrogens with zero attached hydrogens (tertiary/aromatic N) is 1. The standard InChI is InChI=1S/C14H15FN2S/c15-12-4-2-1-3-11(12)13-9-18-14(17-13)10-5-7-16-8-6-10/h1-4,9-10,16H,5-8H2. The molecule has 1 N–H and O–H groups in total. The van der Waals surface area contributed by atoms with Gasteiger partial charge < -0.3 is 5.32 Å². The van der Waals surface area contributed by atoms with Crippen LogP contribution in [-0.2, 0) is 0 Å². The minimum absolute atomic E-state index is 0.195. The Bertz CT molecular complexity index is 532. The van der Waals surface area contributed by atoms with E-state index in [1.165, 1.54) is 6.07 Å². The summed E-state index contributed by atoms with van der Waals surface area (Å²) in [7, 11) is 0. The Labute approximate surface area is 110 Å². The Hall–Kier alpha value is -1.26. The number of piperidine rings is 1. The Morgan fingerprint density at radius 2 is 2.00 bits per heavy atom. The second-order valence-electron chi connectivity index (χ2n) is 4.58. The Kier molecular flexibility index (Phi) is 3.39. The second-order valence-corrected chi connectivity index (χ2v) is 5.46. The summed E-state index contributed by atoms with van der Waals surface area (Å²) in [6.45, 7) is 2.11. The maximum absolute atomic E-state index is 13.7. The van der Waals surface area contributed by atoms with E-state index >= 15 is 0 Å². The first-order valence-corrected chi connectivity index (χ1v) is 7.13. The van der Waals surface area contributed by atoms with Gasteiger partial charge in [-0.05, 0) is 38.1 Å². The third-order valence-electron chi connectivity index (χ3n) is 3.36. The summed E-state index contributed by atoms with van der Waals surface area (Å²) in [6, 6.07) is 6.83. The molecule has 1 aliphatic heterocycles. The number of benzene rings is 1. The van der Waals surface area contributed by atoms with Crippen molar-refractivity contribution >= 4 is 11.3 Å². The quantitative estimate of drug-likeness (QED) is 0.897. The van der Waals surface area contributed by atoms with Crippen LogP contribution in [0.4, 0.5) is 4.39 Å². The van der Waals surface area contributed by atoms with Gasteiger partial charge in [-0.15, -0.1) is 11.3 Å². The van der Waals surface area contributed by atoms with Gasteiger partial charge in [-0.1, -0.05) is 12.1 Å². The first kappa shape index (κ1) is 11.8. The molecular formula is C14H15FN2S. The predicted octanol–water partition coefficient (Wildman–Crippen LogP) is 3.42. The molecule has 0 unspecified atom stereocenters. The zero-order valence-electron chi connectivity index (χ0n) is 10.0. The summed E-state index contributed by atoms with van der Waals surface area (Å²) in [5.74, 6) is 0.344. The van der Waals surface area contributed by atoms with Gasteiger partial charge in [0.2, 0.25) is 0 Å². The number of nitrogens with one attached hydrogen (secondary N) is 1. The van der Waals surface area contributed by atoms with Crippen molar-refractivity contribution in [3.8, 4) is 11.3 Å². The summed E-state index contributed by atoms with van der Waals surface area (Å²) in [5.41, 5.74) is 1.38. The van der Waals surface area contributed by atoms with Crippen LogP contribution in [0, 0.1) is 5.82 Å². The molecule has 0 amide bonds. The molecule has 3 rings (SSSR count). The summed E-state index contributed by atoms with van der Waals surface area (Å²) in [4.78, 5) is 4.62. The number of hydrogen-bond donors (Lipinski definition) is 1. The molecular weight excluding hydrogens is 247 g/mol. The van der Waals surface area contributed by atoms with Crippen LogP contribution >= 0.6 is 11.3 Å².